The number of likely N-dealkylation sites (tertiary alicyclic amines) is 1. The molecule has 0 unspecified atom stereocenters. The predicted octanol–water partition coefficient (Wildman–Crippen LogP) is 2.68. The van der Waals surface area contributed by atoms with Crippen LogP contribution in [0.3, 0.4) is 0 Å². The maximum atomic E-state index is 13.1. The molecule has 1 aromatic heterocycles. The summed E-state index contributed by atoms with van der Waals surface area (Å²) in [5.74, 6) is -1.92. The molecule has 0 aliphatic carbocycles. The fraction of sp³-hybridized carbons (Fsp3) is 0.263. The van der Waals surface area contributed by atoms with Gasteiger partial charge >= 0.3 is 5.97 Å². The number of nitrogens with zero attached hydrogens (tertiary/aromatic N) is 3. The molecule has 0 saturated carbocycles. The Morgan fingerprint density at radius 3 is 2.68 bits per heavy atom. The molecule has 1 aliphatic heterocycles. The largest absolute Gasteiger partial charge is 0.452 e. The summed E-state index contributed by atoms with van der Waals surface area (Å²) in [4.78, 5) is 36.3. The minimum Gasteiger partial charge on any atom is -0.452 e. The molecular weight excluding hydrogens is 389 g/mol. The van der Waals surface area contributed by atoms with Crippen molar-refractivity contribution in [3.05, 3.63) is 52.6 Å². The van der Waals surface area contributed by atoms with E-state index in [1.54, 1.807) is 6.92 Å². The second kappa shape index (κ2) is 8.35. The molecule has 1 aromatic carbocycles. The topological polar surface area (TPSA) is 81.5 Å². The molecule has 2 aromatic rings. The van der Waals surface area contributed by atoms with E-state index in [0.717, 1.165) is 11.0 Å². The molecule has 1 fully saturated rings. The normalized spacial score (nSPS) is 14.1. The first-order chi connectivity index (χ1) is 13.4. The molecule has 146 valence electrons. The highest BCUT2D eigenvalue weighted by molar-refractivity contribution is 6.31. The summed E-state index contributed by atoms with van der Waals surface area (Å²) < 4.78 is 19.4. The number of rotatable bonds is 5. The summed E-state index contributed by atoms with van der Waals surface area (Å²) in [5.41, 5.74) is 1.61. The van der Waals surface area contributed by atoms with Crippen LogP contribution in [0, 0.1) is 12.7 Å². The number of aromatic nitrogens is 2. The van der Waals surface area contributed by atoms with E-state index in [1.165, 1.54) is 35.0 Å². The number of ether oxygens (including phenoxy) is 1. The van der Waals surface area contributed by atoms with E-state index in [2.05, 4.69) is 5.10 Å². The fourth-order valence-corrected chi connectivity index (χ4v) is 3.11. The van der Waals surface area contributed by atoms with Crippen molar-refractivity contribution in [3.8, 4) is 5.69 Å². The van der Waals surface area contributed by atoms with Gasteiger partial charge in [-0.05, 0) is 43.7 Å². The Bertz CT molecular complexity index is 953. The maximum absolute atomic E-state index is 13.1. The monoisotopic (exact) mass is 405 g/mol. The molecule has 0 spiro atoms. The van der Waals surface area contributed by atoms with E-state index in [0.29, 0.717) is 36.3 Å². The quantitative estimate of drug-likeness (QED) is 0.564. The summed E-state index contributed by atoms with van der Waals surface area (Å²) in [5, 5.41) is 4.53. The van der Waals surface area contributed by atoms with Crippen LogP contribution in [0.4, 0.5) is 4.39 Å². The van der Waals surface area contributed by atoms with Gasteiger partial charge in [0, 0.05) is 24.6 Å². The van der Waals surface area contributed by atoms with Crippen molar-refractivity contribution in [2.75, 3.05) is 13.2 Å². The Morgan fingerprint density at radius 1 is 1.32 bits per heavy atom. The highest BCUT2D eigenvalue weighted by atomic mass is 35.5. The summed E-state index contributed by atoms with van der Waals surface area (Å²) in [7, 11) is 0. The van der Waals surface area contributed by atoms with Gasteiger partial charge in [-0.2, -0.15) is 5.10 Å². The number of halogens is 2. The second-order valence-corrected chi connectivity index (χ2v) is 6.52. The van der Waals surface area contributed by atoms with Gasteiger partial charge in [-0.3, -0.25) is 14.5 Å². The van der Waals surface area contributed by atoms with Gasteiger partial charge in [-0.1, -0.05) is 11.6 Å². The van der Waals surface area contributed by atoms with E-state index in [-0.39, 0.29) is 16.9 Å². The number of hydrogen-bond donors (Lipinski definition) is 0. The number of imide groups is 1. The smallest absolute Gasteiger partial charge is 0.331 e. The van der Waals surface area contributed by atoms with Gasteiger partial charge in [0.15, 0.2) is 6.61 Å². The van der Waals surface area contributed by atoms with Crippen LogP contribution in [-0.2, 0) is 19.1 Å². The van der Waals surface area contributed by atoms with Crippen molar-refractivity contribution in [1.29, 1.82) is 0 Å². The van der Waals surface area contributed by atoms with Crippen molar-refractivity contribution in [1.82, 2.24) is 14.7 Å². The van der Waals surface area contributed by atoms with Crippen LogP contribution in [0.2, 0.25) is 5.15 Å². The number of amides is 2. The molecule has 2 heterocycles. The molecule has 0 radical (unpaired) electrons. The molecule has 1 aliphatic rings. The molecule has 7 nitrogen and oxygen atoms in total. The number of aryl methyl sites for hydroxylation is 1. The Balaban J connectivity index is 1.65. The zero-order valence-corrected chi connectivity index (χ0v) is 15.8. The van der Waals surface area contributed by atoms with Crippen molar-refractivity contribution in [2.24, 2.45) is 0 Å². The zero-order valence-electron chi connectivity index (χ0n) is 15.0. The second-order valence-electron chi connectivity index (χ2n) is 6.16. The number of hydrogen-bond acceptors (Lipinski definition) is 5. The number of benzene rings is 1. The van der Waals surface area contributed by atoms with Crippen LogP contribution in [0.15, 0.2) is 30.3 Å². The predicted molar refractivity (Wildman–Crippen MR) is 99.2 cm³/mol. The van der Waals surface area contributed by atoms with E-state index < -0.39 is 18.5 Å². The Hall–Kier alpha value is -3.00. The van der Waals surface area contributed by atoms with Crippen molar-refractivity contribution >= 4 is 35.5 Å². The van der Waals surface area contributed by atoms with E-state index in [4.69, 9.17) is 16.3 Å². The van der Waals surface area contributed by atoms with Crippen LogP contribution in [0.1, 0.15) is 24.1 Å². The van der Waals surface area contributed by atoms with Crippen LogP contribution in [0.5, 0.6) is 0 Å². The van der Waals surface area contributed by atoms with Gasteiger partial charge in [0.2, 0.25) is 5.91 Å². The van der Waals surface area contributed by atoms with Crippen molar-refractivity contribution in [2.45, 2.75) is 19.8 Å². The lowest BCUT2D eigenvalue weighted by atomic mass is 10.2. The first-order valence-corrected chi connectivity index (χ1v) is 8.93. The Labute approximate surface area is 165 Å². The third kappa shape index (κ3) is 4.28. The van der Waals surface area contributed by atoms with Crippen molar-refractivity contribution in [3.63, 3.8) is 0 Å². The number of carbonyl (C=O) groups excluding carboxylic acids is 3. The lowest BCUT2D eigenvalue weighted by Crippen LogP contribution is -2.35. The van der Waals surface area contributed by atoms with Crippen LogP contribution >= 0.6 is 11.6 Å². The van der Waals surface area contributed by atoms with E-state index in [9.17, 15) is 18.8 Å². The molecule has 0 bridgehead atoms. The minimum absolute atomic E-state index is 0.242. The van der Waals surface area contributed by atoms with Crippen LogP contribution in [-0.4, -0.2) is 45.6 Å². The zero-order chi connectivity index (χ0) is 20.3. The van der Waals surface area contributed by atoms with Gasteiger partial charge in [-0.25, -0.2) is 13.9 Å². The highest BCUT2D eigenvalue weighted by Gasteiger charge is 2.26. The van der Waals surface area contributed by atoms with Gasteiger partial charge in [0.05, 0.1) is 11.4 Å². The van der Waals surface area contributed by atoms with Crippen LogP contribution in [0.25, 0.3) is 11.8 Å². The SMILES string of the molecule is Cc1nn(-c2ccc(F)cc2)c(Cl)c1/C=C/C(=O)OCC(=O)N1CCCC1=O. The third-order valence-corrected chi connectivity index (χ3v) is 4.58. The lowest BCUT2D eigenvalue weighted by Gasteiger charge is -2.12. The van der Waals surface area contributed by atoms with Gasteiger partial charge in [0.1, 0.15) is 11.0 Å². The average molecular weight is 406 g/mol. The Morgan fingerprint density at radius 2 is 2.04 bits per heavy atom. The molecule has 3 rings (SSSR count). The third-order valence-electron chi connectivity index (χ3n) is 4.22. The summed E-state index contributed by atoms with van der Waals surface area (Å²) in [6.07, 6.45) is 3.51. The van der Waals surface area contributed by atoms with Gasteiger partial charge < -0.3 is 4.74 Å². The molecule has 28 heavy (non-hydrogen) atoms. The first-order valence-electron chi connectivity index (χ1n) is 8.56. The highest BCUT2D eigenvalue weighted by Crippen LogP contribution is 2.25. The number of esters is 1. The molecule has 2 amide bonds. The molecule has 0 atom stereocenters. The molecule has 9 heteroatoms. The summed E-state index contributed by atoms with van der Waals surface area (Å²) in [6, 6.07) is 5.64. The molecule has 0 N–H and O–H groups in total. The lowest BCUT2D eigenvalue weighted by molar-refractivity contribution is -0.151. The standard InChI is InChI=1S/C19H17ClFN3O4/c1-12-15(19(20)24(22-12)14-6-4-13(21)5-7-14)8-9-18(27)28-11-17(26)23-10-2-3-16(23)25/h4-9H,2-3,10-11H2,1H3/b9-8+. The molecular formula is C19H17ClFN3O4. The van der Waals surface area contributed by atoms with Gasteiger partial charge in [0.25, 0.3) is 5.91 Å². The fourth-order valence-electron chi connectivity index (χ4n) is 2.78. The molecule has 1 saturated heterocycles. The number of carbonyl (C=O) groups is 3. The van der Waals surface area contributed by atoms with E-state index in [1.807, 2.05) is 0 Å². The minimum atomic E-state index is -0.745. The average Bonchev–Trinajstić information content (AvgIpc) is 3.22. The summed E-state index contributed by atoms with van der Waals surface area (Å²) in [6.45, 7) is 1.55. The van der Waals surface area contributed by atoms with Crippen LogP contribution < -0.4 is 0 Å². The maximum Gasteiger partial charge on any atom is 0.331 e. The van der Waals surface area contributed by atoms with E-state index >= 15 is 0 Å². The first kappa shape index (κ1) is 19.8. The Kier molecular flexibility index (Phi) is 5.89. The van der Waals surface area contributed by atoms with Gasteiger partial charge in [-0.15, -0.1) is 0 Å². The summed E-state index contributed by atoms with van der Waals surface area (Å²) >= 11 is 6.32. The van der Waals surface area contributed by atoms with Crippen molar-refractivity contribution < 1.29 is 23.5 Å².